The highest BCUT2D eigenvalue weighted by Gasteiger charge is 2.53. The number of hydrogen-bond acceptors (Lipinski definition) is 9. The molecule has 40 heavy (non-hydrogen) atoms. The van der Waals surface area contributed by atoms with Gasteiger partial charge in [-0.2, -0.15) is 4.68 Å². The molecule has 218 valence electrons. The Balaban J connectivity index is 1.36. The van der Waals surface area contributed by atoms with Crippen molar-refractivity contribution in [3.8, 4) is 0 Å². The zero-order valence-electron chi connectivity index (χ0n) is 24.6. The van der Waals surface area contributed by atoms with Crippen LogP contribution in [-0.2, 0) is 9.47 Å². The summed E-state index contributed by atoms with van der Waals surface area (Å²) in [4.78, 5) is 42.4. The Morgan fingerprint density at radius 2 is 1.57 bits per heavy atom. The van der Waals surface area contributed by atoms with Gasteiger partial charge in [0.05, 0.1) is 5.56 Å². The minimum absolute atomic E-state index is 0.117. The summed E-state index contributed by atoms with van der Waals surface area (Å²) in [6.07, 6.45) is 2.65. The highest BCUT2D eigenvalue weighted by atomic mass is 16.6. The van der Waals surface area contributed by atoms with E-state index in [1.807, 2.05) is 20.8 Å². The number of pyridine rings is 1. The van der Waals surface area contributed by atoms with E-state index < -0.39 is 23.2 Å². The normalized spacial score (nSPS) is 22.0. The maximum atomic E-state index is 13.3. The van der Waals surface area contributed by atoms with Crippen LogP contribution < -0.4 is 21.3 Å². The maximum absolute atomic E-state index is 13.3. The molecule has 2 heterocycles. The lowest BCUT2D eigenvalue weighted by Crippen LogP contribution is -2.59. The standard InChI is InChI=1S/C28H41N7O5/c1-16-11-21(34-35(16)25(38)40-27(5,6)7)33-23(36)19-9-10-20(29-8)32-22(19)30-17-12-28(13-17)14-18(15-28)31-24(37)39-26(2,3)4/h9-11,17-18H,12-15H2,1-8H3,(H,31,37)(H2,29,30,32)(H,33,34,36). The molecule has 2 aromatic rings. The van der Waals surface area contributed by atoms with E-state index in [9.17, 15) is 14.4 Å². The lowest BCUT2D eigenvalue weighted by molar-refractivity contribution is -0.0179. The minimum atomic E-state index is -0.671. The number of alkyl carbamates (subject to hydrolysis) is 1. The first-order valence-electron chi connectivity index (χ1n) is 13.6. The predicted octanol–water partition coefficient (Wildman–Crippen LogP) is 4.91. The van der Waals surface area contributed by atoms with Crippen molar-refractivity contribution in [3.05, 3.63) is 29.5 Å². The summed E-state index contributed by atoms with van der Waals surface area (Å²) in [5, 5.41) is 16.4. The highest BCUT2D eigenvalue weighted by Crippen LogP contribution is 2.56. The van der Waals surface area contributed by atoms with Crippen LogP contribution in [-0.4, -0.2) is 63.2 Å². The van der Waals surface area contributed by atoms with E-state index in [-0.39, 0.29) is 29.4 Å². The fourth-order valence-electron chi connectivity index (χ4n) is 5.28. The van der Waals surface area contributed by atoms with Gasteiger partial charge in [-0.15, -0.1) is 5.10 Å². The van der Waals surface area contributed by atoms with Crippen LogP contribution in [0.15, 0.2) is 18.2 Å². The first-order valence-corrected chi connectivity index (χ1v) is 13.6. The number of nitrogens with zero attached hydrogens (tertiary/aromatic N) is 3. The summed E-state index contributed by atoms with van der Waals surface area (Å²) in [5.41, 5.74) is -0.108. The second-order valence-corrected chi connectivity index (χ2v) is 12.9. The number of nitrogens with one attached hydrogen (secondary N) is 4. The molecule has 4 N–H and O–H groups in total. The number of carbonyl (C=O) groups is 3. The van der Waals surface area contributed by atoms with Crippen molar-refractivity contribution >= 4 is 35.5 Å². The first kappa shape index (κ1) is 29.2. The highest BCUT2D eigenvalue weighted by molar-refractivity contribution is 6.07. The molecule has 2 fully saturated rings. The molecule has 2 amide bonds. The number of rotatable bonds is 6. The van der Waals surface area contributed by atoms with E-state index in [0.717, 1.165) is 30.4 Å². The van der Waals surface area contributed by atoms with Gasteiger partial charge in [-0.3, -0.25) is 4.79 Å². The van der Waals surface area contributed by atoms with Crippen LogP contribution >= 0.6 is 0 Å². The molecule has 2 aliphatic rings. The van der Waals surface area contributed by atoms with E-state index in [0.29, 0.717) is 22.9 Å². The van der Waals surface area contributed by atoms with Crippen molar-refractivity contribution in [3.63, 3.8) is 0 Å². The van der Waals surface area contributed by atoms with Gasteiger partial charge in [0.25, 0.3) is 5.91 Å². The van der Waals surface area contributed by atoms with E-state index >= 15 is 0 Å². The second-order valence-electron chi connectivity index (χ2n) is 12.9. The molecule has 0 unspecified atom stereocenters. The largest absolute Gasteiger partial charge is 0.444 e. The zero-order valence-corrected chi connectivity index (χ0v) is 24.6. The number of ether oxygens (including phenoxy) is 2. The van der Waals surface area contributed by atoms with Gasteiger partial charge in [-0.25, -0.2) is 14.6 Å². The van der Waals surface area contributed by atoms with Crippen LogP contribution in [0.3, 0.4) is 0 Å². The van der Waals surface area contributed by atoms with Gasteiger partial charge in [0, 0.05) is 30.9 Å². The lowest BCUT2D eigenvalue weighted by atomic mass is 9.52. The van der Waals surface area contributed by atoms with Crippen molar-refractivity contribution < 1.29 is 23.9 Å². The Bertz CT molecular complexity index is 1280. The summed E-state index contributed by atoms with van der Waals surface area (Å²) in [5.74, 6) is 0.932. The van der Waals surface area contributed by atoms with Gasteiger partial charge >= 0.3 is 12.2 Å². The van der Waals surface area contributed by atoms with Crippen molar-refractivity contribution in [1.82, 2.24) is 20.1 Å². The molecule has 0 bridgehead atoms. The third-order valence-corrected chi connectivity index (χ3v) is 6.87. The topological polar surface area (TPSA) is 148 Å². The molecule has 0 atom stereocenters. The number of hydrogen-bond donors (Lipinski definition) is 4. The number of amides is 2. The Morgan fingerprint density at radius 1 is 0.950 bits per heavy atom. The first-order chi connectivity index (χ1) is 18.5. The number of carbonyl (C=O) groups excluding carboxylic acids is 3. The quantitative estimate of drug-likeness (QED) is 0.390. The van der Waals surface area contributed by atoms with Crippen LogP contribution in [0.25, 0.3) is 0 Å². The summed E-state index contributed by atoms with van der Waals surface area (Å²) < 4.78 is 11.9. The molecule has 0 saturated heterocycles. The average molecular weight is 556 g/mol. The molecule has 4 rings (SSSR count). The molecule has 2 aliphatic carbocycles. The van der Waals surface area contributed by atoms with E-state index in [1.54, 1.807) is 52.9 Å². The van der Waals surface area contributed by atoms with Crippen molar-refractivity contribution in [1.29, 1.82) is 0 Å². The minimum Gasteiger partial charge on any atom is -0.444 e. The molecule has 2 aromatic heterocycles. The number of anilines is 3. The Hall–Kier alpha value is -3.83. The fourth-order valence-corrected chi connectivity index (χ4v) is 5.28. The molecule has 12 nitrogen and oxygen atoms in total. The lowest BCUT2D eigenvalue weighted by Gasteiger charge is -2.57. The van der Waals surface area contributed by atoms with Crippen molar-refractivity contribution in [2.75, 3.05) is 23.0 Å². The molecular weight excluding hydrogens is 514 g/mol. The van der Waals surface area contributed by atoms with E-state index in [2.05, 4.69) is 31.3 Å². The second kappa shape index (κ2) is 10.6. The smallest absolute Gasteiger partial charge is 0.435 e. The SMILES string of the molecule is CNc1ccc(C(=O)Nc2cc(C)n(C(=O)OC(C)(C)C)n2)c(NC2CC3(CC(NC(=O)OC(C)(C)C)C3)C2)n1. The summed E-state index contributed by atoms with van der Waals surface area (Å²) in [6, 6.07) is 5.31. The Morgan fingerprint density at radius 3 is 2.17 bits per heavy atom. The third kappa shape index (κ3) is 7.02. The van der Waals surface area contributed by atoms with Crippen molar-refractivity contribution in [2.45, 2.75) is 97.4 Å². The Labute approximate surface area is 235 Å². The molecule has 0 radical (unpaired) electrons. The van der Waals surface area contributed by atoms with Crippen LogP contribution in [0.1, 0.15) is 83.3 Å². The molecule has 12 heteroatoms. The molecule has 1 spiro atoms. The number of aromatic nitrogens is 3. The van der Waals surface area contributed by atoms with Crippen LogP contribution in [0.4, 0.5) is 27.0 Å². The van der Waals surface area contributed by atoms with Gasteiger partial charge in [0.2, 0.25) is 0 Å². The molecular formula is C28H41N7O5. The monoisotopic (exact) mass is 555 g/mol. The zero-order chi connectivity index (χ0) is 29.5. The fraction of sp³-hybridized carbons (Fsp3) is 0.607. The van der Waals surface area contributed by atoms with E-state index in [1.165, 1.54) is 0 Å². The summed E-state index contributed by atoms with van der Waals surface area (Å²) in [6.45, 7) is 12.6. The summed E-state index contributed by atoms with van der Waals surface area (Å²) >= 11 is 0. The van der Waals surface area contributed by atoms with Crippen molar-refractivity contribution in [2.24, 2.45) is 5.41 Å². The predicted molar refractivity (Wildman–Crippen MR) is 152 cm³/mol. The Kier molecular flexibility index (Phi) is 7.75. The number of aryl methyl sites for hydroxylation is 1. The maximum Gasteiger partial charge on any atom is 0.435 e. The van der Waals surface area contributed by atoms with Gasteiger partial charge in [-0.1, -0.05) is 0 Å². The van der Waals surface area contributed by atoms with Gasteiger partial charge < -0.3 is 30.7 Å². The molecule has 2 saturated carbocycles. The van der Waals surface area contributed by atoms with Gasteiger partial charge in [0.15, 0.2) is 5.82 Å². The van der Waals surface area contributed by atoms with Crippen LogP contribution in [0.5, 0.6) is 0 Å². The summed E-state index contributed by atoms with van der Waals surface area (Å²) in [7, 11) is 1.77. The average Bonchev–Trinajstić information content (AvgIpc) is 3.13. The third-order valence-electron chi connectivity index (χ3n) is 6.87. The molecule has 0 aromatic carbocycles. The van der Waals surface area contributed by atoms with Crippen LogP contribution in [0, 0.1) is 12.3 Å². The van der Waals surface area contributed by atoms with Crippen LogP contribution in [0.2, 0.25) is 0 Å². The van der Waals surface area contributed by atoms with E-state index in [4.69, 9.17) is 9.47 Å². The van der Waals surface area contributed by atoms with Gasteiger partial charge in [-0.05, 0) is 91.7 Å². The van der Waals surface area contributed by atoms with Gasteiger partial charge in [0.1, 0.15) is 22.8 Å². The molecule has 0 aliphatic heterocycles.